The molecule has 0 spiro atoms. The van der Waals surface area contributed by atoms with Gasteiger partial charge in [0.2, 0.25) is 0 Å². The van der Waals surface area contributed by atoms with Crippen LogP contribution >= 0.6 is 0 Å². The highest BCUT2D eigenvalue weighted by Crippen LogP contribution is 2.39. The number of likely N-dealkylation sites (N-methyl/N-ethyl adjacent to an activating group) is 1. The van der Waals surface area contributed by atoms with E-state index in [-0.39, 0.29) is 5.60 Å². The predicted octanol–water partition coefficient (Wildman–Crippen LogP) is 3.04. The first-order valence-corrected chi connectivity index (χ1v) is 8.38. The van der Waals surface area contributed by atoms with Crippen molar-refractivity contribution in [3.05, 3.63) is 0 Å². The lowest BCUT2D eigenvalue weighted by Gasteiger charge is -2.51. The van der Waals surface area contributed by atoms with Crippen molar-refractivity contribution in [2.45, 2.75) is 84.6 Å². The molecule has 2 rings (SSSR count). The SMILES string of the molecule is CCNC1CCC(C)(C)CC1N1CC(C)OC(C)(C)C1. The summed E-state index contributed by atoms with van der Waals surface area (Å²) in [7, 11) is 0. The van der Waals surface area contributed by atoms with E-state index in [1.165, 1.54) is 19.3 Å². The molecule has 0 amide bonds. The lowest BCUT2D eigenvalue weighted by molar-refractivity contribution is -0.146. The third-order valence-electron chi connectivity index (χ3n) is 4.89. The smallest absolute Gasteiger partial charge is 0.0757 e. The Balaban J connectivity index is 2.12. The number of ether oxygens (including phenoxy) is 1. The number of nitrogens with one attached hydrogen (secondary N) is 1. The Morgan fingerprint density at radius 3 is 2.55 bits per heavy atom. The summed E-state index contributed by atoms with van der Waals surface area (Å²) in [6, 6.07) is 1.30. The molecule has 3 atom stereocenters. The van der Waals surface area contributed by atoms with Crippen LogP contribution in [0.25, 0.3) is 0 Å². The summed E-state index contributed by atoms with van der Waals surface area (Å²) >= 11 is 0. The molecular weight excluding hydrogens is 248 g/mol. The van der Waals surface area contributed by atoms with E-state index in [9.17, 15) is 0 Å². The zero-order valence-corrected chi connectivity index (χ0v) is 14.3. The molecular formula is C17H34N2O. The second-order valence-corrected chi connectivity index (χ2v) is 8.26. The van der Waals surface area contributed by atoms with Gasteiger partial charge >= 0.3 is 0 Å². The highest BCUT2D eigenvalue weighted by Gasteiger charge is 2.42. The van der Waals surface area contributed by atoms with Gasteiger partial charge in [-0.05, 0) is 52.0 Å². The number of rotatable bonds is 3. The first kappa shape index (κ1) is 16.3. The van der Waals surface area contributed by atoms with Crippen LogP contribution in [-0.2, 0) is 4.74 Å². The summed E-state index contributed by atoms with van der Waals surface area (Å²) in [5.41, 5.74) is 0.457. The van der Waals surface area contributed by atoms with Crippen LogP contribution < -0.4 is 5.32 Å². The standard InChI is InChI=1S/C17H34N2O/c1-7-18-14-8-9-16(3,4)10-15(14)19-11-13(2)20-17(5,6)12-19/h13-15,18H,7-12H2,1-6H3. The van der Waals surface area contributed by atoms with Gasteiger partial charge in [-0.15, -0.1) is 0 Å². The summed E-state index contributed by atoms with van der Waals surface area (Å²) < 4.78 is 6.08. The first-order chi connectivity index (χ1) is 9.22. The lowest BCUT2D eigenvalue weighted by Crippen LogP contribution is -2.62. The normalized spacial score (nSPS) is 37.8. The van der Waals surface area contributed by atoms with Crippen molar-refractivity contribution in [1.29, 1.82) is 0 Å². The Hall–Kier alpha value is -0.120. The van der Waals surface area contributed by atoms with Gasteiger partial charge in [0.05, 0.1) is 11.7 Å². The van der Waals surface area contributed by atoms with E-state index >= 15 is 0 Å². The Kier molecular flexibility index (Phi) is 4.83. The van der Waals surface area contributed by atoms with Crippen molar-refractivity contribution < 1.29 is 4.74 Å². The van der Waals surface area contributed by atoms with Crippen LogP contribution in [0.5, 0.6) is 0 Å². The van der Waals surface area contributed by atoms with Gasteiger partial charge in [0.1, 0.15) is 0 Å². The number of hydrogen-bond donors (Lipinski definition) is 1. The first-order valence-electron chi connectivity index (χ1n) is 8.38. The highest BCUT2D eigenvalue weighted by molar-refractivity contribution is 4.97. The van der Waals surface area contributed by atoms with Gasteiger partial charge in [0.15, 0.2) is 0 Å². The molecule has 0 radical (unpaired) electrons. The minimum absolute atomic E-state index is 0.0178. The fraction of sp³-hybridized carbons (Fsp3) is 1.00. The molecule has 2 fully saturated rings. The Morgan fingerprint density at radius 2 is 1.95 bits per heavy atom. The van der Waals surface area contributed by atoms with Gasteiger partial charge in [0, 0.05) is 25.2 Å². The Morgan fingerprint density at radius 1 is 1.25 bits per heavy atom. The molecule has 1 aliphatic heterocycles. The molecule has 1 heterocycles. The quantitative estimate of drug-likeness (QED) is 0.861. The molecule has 20 heavy (non-hydrogen) atoms. The van der Waals surface area contributed by atoms with Gasteiger partial charge in [-0.25, -0.2) is 0 Å². The molecule has 118 valence electrons. The van der Waals surface area contributed by atoms with Gasteiger partial charge in [-0.3, -0.25) is 4.90 Å². The average Bonchev–Trinajstić information content (AvgIpc) is 2.28. The van der Waals surface area contributed by atoms with Gasteiger partial charge in [-0.1, -0.05) is 20.8 Å². The molecule has 0 aromatic carbocycles. The molecule has 3 unspecified atom stereocenters. The van der Waals surface area contributed by atoms with Gasteiger partial charge in [0.25, 0.3) is 0 Å². The van der Waals surface area contributed by atoms with Crippen LogP contribution in [0, 0.1) is 5.41 Å². The number of nitrogens with zero attached hydrogens (tertiary/aromatic N) is 1. The Labute approximate surface area is 125 Å². The zero-order chi connectivity index (χ0) is 15.0. The average molecular weight is 282 g/mol. The minimum atomic E-state index is -0.0178. The summed E-state index contributed by atoms with van der Waals surface area (Å²) in [4.78, 5) is 2.70. The summed E-state index contributed by atoms with van der Waals surface area (Å²) in [6.45, 7) is 17.0. The molecule has 3 nitrogen and oxygen atoms in total. The fourth-order valence-electron chi connectivity index (χ4n) is 4.19. The van der Waals surface area contributed by atoms with E-state index in [0.29, 0.717) is 23.6 Å². The molecule has 3 heteroatoms. The van der Waals surface area contributed by atoms with Gasteiger partial charge in [-0.2, -0.15) is 0 Å². The predicted molar refractivity (Wildman–Crippen MR) is 85.1 cm³/mol. The molecule has 0 aromatic heterocycles. The number of hydrogen-bond acceptors (Lipinski definition) is 3. The van der Waals surface area contributed by atoms with E-state index in [1.54, 1.807) is 0 Å². The van der Waals surface area contributed by atoms with Crippen LogP contribution in [-0.4, -0.2) is 48.3 Å². The van der Waals surface area contributed by atoms with Crippen LogP contribution in [0.3, 0.4) is 0 Å². The zero-order valence-electron chi connectivity index (χ0n) is 14.3. The fourth-order valence-corrected chi connectivity index (χ4v) is 4.19. The lowest BCUT2D eigenvalue weighted by atomic mass is 9.72. The van der Waals surface area contributed by atoms with E-state index in [2.05, 4.69) is 51.8 Å². The summed E-state index contributed by atoms with van der Waals surface area (Å²) in [6.07, 6.45) is 4.28. The monoisotopic (exact) mass is 282 g/mol. The second-order valence-electron chi connectivity index (χ2n) is 8.26. The van der Waals surface area contributed by atoms with Crippen molar-refractivity contribution in [1.82, 2.24) is 10.2 Å². The largest absolute Gasteiger partial charge is 0.370 e. The van der Waals surface area contributed by atoms with Crippen molar-refractivity contribution in [2.75, 3.05) is 19.6 Å². The molecule has 1 aliphatic carbocycles. The van der Waals surface area contributed by atoms with E-state index in [0.717, 1.165) is 19.6 Å². The van der Waals surface area contributed by atoms with E-state index < -0.39 is 0 Å². The third-order valence-corrected chi connectivity index (χ3v) is 4.89. The maximum absolute atomic E-state index is 6.08. The third kappa shape index (κ3) is 3.96. The molecule has 1 N–H and O–H groups in total. The highest BCUT2D eigenvalue weighted by atomic mass is 16.5. The molecule has 0 aromatic rings. The topological polar surface area (TPSA) is 24.5 Å². The van der Waals surface area contributed by atoms with Crippen molar-refractivity contribution in [3.8, 4) is 0 Å². The number of morpholine rings is 1. The van der Waals surface area contributed by atoms with E-state index in [1.807, 2.05) is 0 Å². The minimum Gasteiger partial charge on any atom is -0.370 e. The van der Waals surface area contributed by atoms with Crippen molar-refractivity contribution in [2.24, 2.45) is 5.41 Å². The second kappa shape index (κ2) is 5.94. The maximum atomic E-state index is 6.08. The van der Waals surface area contributed by atoms with Gasteiger partial charge < -0.3 is 10.1 Å². The molecule has 1 saturated heterocycles. The molecule has 1 saturated carbocycles. The van der Waals surface area contributed by atoms with Crippen LogP contribution in [0.1, 0.15) is 60.8 Å². The maximum Gasteiger partial charge on any atom is 0.0757 e. The van der Waals surface area contributed by atoms with Crippen molar-refractivity contribution >= 4 is 0 Å². The van der Waals surface area contributed by atoms with Crippen LogP contribution in [0.4, 0.5) is 0 Å². The summed E-state index contributed by atoms with van der Waals surface area (Å²) in [5, 5.41) is 3.73. The van der Waals surface area contributed by atoms with E-state index in [4.69, 9.17) is 4.74 Å². The van der Waals surface area contributed by atoms with Crippen LogP contribution in [0.2, 0.25) is 0 Å². The summed E-state index contributed by atoms with van der Waals surface area (Å²) in [5.74, 6) is 0. The molecule has 0 bridgehead atoms. The van der Waals surface area contributed by atoms with Crippen LogP contribution in [0.15, 0.2) is 0 Å². The molecule has 2 aliphatic rings. The van der Waals surface area contributed by atoms with Crippen molar-refractivity contribution in [3.63, 3.8) is 0 Å². The Bertz CT molecular complexity index is 327.